The normalized spacial score (nSPS) is 19.6. The monoisotopic (exact) mass is 418 g/mol. The molecule has 1 amide bonds. The average Bonchev–Trinajstić information content (AvgIpc) is 3.18. The molecule has 4 rings (SSSR count). The minimum atomic E-state index is -0.0378. The second-order valence-electron chi connectivity index (χ2n) is 7.67. The Morgan fingerprint density at radius 3 is 2.57 bits per heavy atom. The van der Waals surface area contributed by atoms with Crippen LogP contribution in [0.2, 0.25) is 10.0 Å². The number of rotatable bonds is 4. The first-order valence-corrected chi connectivity index (χ1v) is 10.5. The summed E-state index contributed by atoms with van der Waals surface area (Å²) in [7, 11) is 0. The fourth-order valence-corrected chi connectivity index (χ4v) is 4.64. The van der Waals surface area contributed by atoms with Gasteiger partial charge in [0.05, 0.1) is 22.5 Å². The molecule has 6 heteroatoms. The van der Waals surface area contributed by atoms with Crippen LogP contribution in [-0.2, 0) is 17.6 Å². The average molecular weight is 419 g/mol. The Morgan fingerprint density at radius 2 is 1.82 bits per heavy atom. The molecule has 1 saturated heterocycles. The first-order chi connectivity index (χ1) is 13.5. The maximum atomic E-state index is 13.2. The number of fused-ring (bicyclic) bond motifs is 1. The van der Waals surface area contributed by atoms with E-state index in [0.717, 1.165) is 37.2 Å². The fraction of sp³-hybridized carbons (Fsp3) is 0.409. The van der Waals surface area contributed by atoms with Gasteiger partial charge in [0.15, 0.2) is 0 Å². The highest BCUT2D eigenvalue weighted by molar-refractivity contribution is 6.42. The third kappa shape index (κ3) is 4.14. The standard InChI is InChI=1S/C22H24Cl2N2O2/c23-19-6-3-15(11-20(19)24)12-22(28)26-10-7-16-4-5-17(27)13-18(16)21(26)14-25-8-1-2-9-25/h3-6,11,13,21,27H,1-2,7-10,12,14H2/t21-/m1/s1. The van der Waals surface area contributed by atoms with Gasteiger partial charge in [-0.1, -0.05) is 35.3 Å². The van der Waals surface area contributed by atoms with E-state index in [0.29, 0.717) is 23.0 Å². The van der Waals surface area contributed by atoms with E-state index in [1.165, 1.54) is 18.4 Å². The van der Waals surface area contributed by atoms with Crippen molar-refractivity contribution in [2.45, 2.75) is 31.7 Å². The molecule has 0 aromatic heterocycles. The second-order valence-corrected chi connectivity index (χ2v) is 8.48. The molecular weight excluding hydrogens is 395 g/mol. The molecule has 1 N–H and O–H groups in total. The van der Waals surface area contributed by atoms with Crippen molar-refractivity contribution in [1.29, 1.82) is 0 Å². The topological polar surface area (TPSA) is 43.8 Å². The molecule has 0 saturated carbocycles. The first kappa shape index (κ1) is 19.6. The van der Waals surface area contributed by atoms with Crippen LogP contribution < -0.4 is 0 Å². The van der Waals surface area contributed by atoms with E-state index in [2.05, 4.69) is 4.90 Å². The van der Waals surface area contributed by atoms with Crippen molar-refractivity contribution in [1.82, 2.24) is 9.80 Å². The van der Waals surface area contributed by atoms with E-state index >= 15 is 0 Å². The molecule has 2 aromatic carbocycles. The highest BCUT2D eigenvalue weighted by Crippen LogP contribution is 2.34. The summed E-state index contributed by atoms with van der Waals surface area (Å²) in [5, 5.41) is 11.0. The Morgan fingerprint density at radius 1 is 1.04 bits per heavy atom. The maximum Gasteiger partial charge on any atom is 0.227 e. The lowest BCUT2D eigenvalue weighted by atomic mass is 9.91. The minimum absolute atomic E-state index is 0.0378. The third-order valence-electron chi connectivity index (χ3n) is 5.78. The Balaban J connectivity index is 1.59. The smallest absolute Gasteiger partial charge is 0.227 e. The number of hydrogen-bond donors (Lipinski definition) is 1. The quantitative estimate of drug-likeness (QED) is 0.796. The molecule has 0 radical (unpaired) electrons. The zero-order valence-electron chi connectivity index (χ0n) is 15.7. The molecule has 148 valence electrons. The van der Waals surface area contributed by atoms with E-state index in [9.17, 15) is 9.90 Å². The summed E-state index contributed by atoms with van der Waals surface area (Å²) >= 11 is 12.1. The summed E-state index contributed by atoms with van der Waals surface area (Å²) < 4.78 is 0. The van der Waals surface area contributed by atoms with Crippen molar-refractivity contribution in [2.24, 2.45) is 0 Å². The summed E-state index contributed by atoms with van der Waals surface area (Å²) in [5.74, 6) is 0.334. The Kier molecular flexibility index (Phi) is 5.81. The number of hydrogen-bond acceptors (Lipinski definition) is 3. The molecule has 0 spiro atoms. The van der Waals surface area contributed by atoms with E-state index in [1.807, 2.05) is 23.1 Å². The molecule has 0 unspecified atom stereocenters. The maximum absolute atomic E-state index is 13.2. The summed E-state index contributed by atoms with van der Waals surface area (Å²) in [4.78, 5) is 17.6. The van der Waals surface area contributed by atoms with Crippen LogP contribution in [0.25, 0.3) is 0 Å². The van der Waals surface area contributed by atoms with E-state index < -0.39 is 0 Å². The molecule has 2 aliphatic rings. The number of amides is 1. The van der Waals surface area contributed by atoms with Gasteiger partial charge >= 0.3 is 0 Å². The number of aromatic hydroxyl groups is 1. The predicted octanol–water partition coefficient (Wildman–Crippen LogP) is 4.46. The van der Waals surface area contributed by atoms with Crippen LogP contribution in [0, 0.1) is 0 Å². The minimum Gasteiger partial charge on any atom is -0.508 e. The van der Waals surface area contributed by atoms with Crippen LogP contribution in [0.5, 0.6) is 5.75 Å². The first-order valence-electron chi connectivity index (χ1n) is 9.79. The summed E-state index contributed by atoms with van der Waals surface area (Å²) in [6.45, 7) is 3.64. The molecule has 1 fully saturated rings. The highest BCUT2D eigenvalue weighted by atomic mass is 35.5. The number of benzene rings is 2. The molecule has 4 nitrogen and oxygen atoms in total. The largest absolute Gasteiger partial charge is 0.508 e. The van der Waals surface area contributed by atoms with Gasteiger partial charge in [-0.3, -0.25) is 4.79 Å². The predicted molar refractivity (Wildman–Crippen MR) is 112 cm³/mol. The van der Waals surface area contributed by atoms with E-state index in [-0.39, 0.29) is 17.7 Å². The number of halogens is 2. The van der Waals surface area contributed by atoms with Crippen LogP contribution in [0.4, 0.5) is 0 Å². The van der Waals surface area contributed by atoms with E-state index in [1.54, 1.807) is 18.2 Å². The number of nitrogens with zero attached hydrogens (tertiary/aromatic N) is 2. The lowest BCUT2D eigenvalue weighted by Gasteiger charge is -2.39. The number of carbonyl (C=O) groups excluding carboxylic acids is 1. The molecule has 1 atom stereocenters. The van der Waals surface area contributed by atoms with Gasteiger partial charge in [-0.25, -0.2) is 0 Å². The van der Waals surface area contributed by atoms with Crippen LogP contribution in [-0.4, -0.2) is 47.0 Å². The highest BCUT2D eigenvalue weighted by Gasteiger charge is 2.33. The van der Waals surface area contributed by atoms with Crippen LogP contribution in [0.15, 0.2) is 36.4 Å². The van der Waals surface area contributed by atoms with Crippen molar-refractivity contribution in [3.63, 3.8) is 0 Å². The molecule has 28 heavy (non-hydrogen) atoms. The lowest BCUT2D eigenvalue weighted by molar-refractivity contribution is -0.133. The SMILES string of the molecule is O=C(Cc1ccc(Cl)c(Cl)c1)N1CCc2ccc(O)cc2[C@H]1CN1CCCC1. The lowest BCUT2D eigenvalue weighted by Crippen LogP contribution is -2.45. The van der Waals surface area contributed by atoms with Crippen molar-refractivity contribution < 1.29 is 9.90 Å². The Hall–Kier alpha value is -1.75. The van der Waals surface area contributed by atoms with Gasteiger partial charge in [-0.15, -0.1) is 0 Å². The number of phenols is 1. The number of phenolic OH excluding ortho intramolecular Hbond substituents is 1. The van der Waals surface area contributed by atoms with Gasteiger partial charge in [0.25, 0.3) is 0 Å². The summed E-state index contributed by atoms with van der Waals surface area (Å²) in [6.07, 6.45) is 3.51. The van der Waals surface area contributed by atoms with Crippen LogP contribution in [0.3, 0.4) is 0 Å². The Labute approximate surface area is 175 Å². The van der Waals surface area contributed by atoms with Gasteiger partial charge in [0.2, 0.25) is 5.91 Å². The van der Waals surface area contributed by atoms with Gasteiger partial charge < -0.3 is 14.9 Å². The fourth-order valence-electron chi connectivity index (χ4n) is 4.32. The van der Waals surface area contributed by atoms with Crippen molar-refractivity contribution in [2.75, 3.05) is 26.2 Å². The molecule has 2 aromatic rings. The molecular formula is C22H24Cl2N2O2. The molecule has 2 heterocycles. The molecule has 0 bridgehead atoms. The van der Waals surface area contributed by atoms with Crippen molar-refractivity contribution in [3.05, 3.63) is 63.1 Å². The van der Waals surface area contributed by atoms with Crippen molar-refractivity contribution in [3.8, 4) is 5.75 Å². The van der Waals surface area contributed by atoms with Gasteiger partial charge in [-0.05, 0) is 73.3 Å². The third-order valence-corrected chi connectivity index (χ3v) is 6.52. The molecule has 0 aliphatic carbocycles. The summed E-state index contributed by atoms with van der Waals surface area (Å²) in [5.41, 5.74) is 3.15. The van der Waals surface area contributed by atoms with Crippen LogP contribution in [0.1, 0.15) is 35.6 Å². The van der Waals surface area contributed by atoms with Gasteiger partial charge in [0, 0.05) is 13.1 Å². The number of likely N-dealkylation sites (tertiary alicyclic amines) is 1. The van der Waals surface area contributed by atoms with E-state index in [4.69, 9.17) is 23.2 Å². The number of carbonyl (C=O) groups is 1. The zero-order chi connectivity index (χ0) is 19.7. The second kappa shape index (κ2) is 8.32. The van der Waals surface area contributed by atoms with Gasteiger partial charge in [-0.2, -0.15) is 0 Å². The van der Waals surface area contributed by atoms with Crippen molar-refractivity contribution >= 4 is 29.1 Å². The summed E-state index contributed by atoms with van der Waals surface area (Å²) in [6, 6.07) is 10.9. The van der Waals surface area contributed by atoms with Gasteiger partial charge in [0.1, 0.15) is 5.75 Å². The zero-order valence-corrected chi connectivity index (χ0v) is 17.2. The molecule has 2 aliphatic heterocycles. The Bertz CT molecular complexity index is 881. The van der Waals surface area contributed by atoms with Crippen LogP contribution >= 0.6 is 23.2 Å².